The van der Waals surface area contributed by atoms with Gasteiger partial charge < -0.3 is 14.6 Å². The first-order valence-electron chi connectivity index (χ1n) is 10.6. The molecule has 0 radical (unpaired) electrons. The minimum Gasteiger partial charge on any atom is -0.441 e. The first-order valence-corrected chi connectivity index (χ1v) is 10.6. The number of amides is 1. The van der Waals surface area contributed by atoms with Gasteiger partial charge in [-0.2, -0.15) is 0 Å². The van der Waals surface area contributed by atoms with Crippen LogP contribution in [0.4, 0.5) is 11.5 Å². The van der Waals surface area contributed by atoms with Gasteiger partial charge in [-0.3, -0.25) is 4.79 Å². The lowest BCUT2D eigenvalue weighted by Crippen LogP contribution is -2.24. The Kier molecular flexibility index (Phi) is 4.90. The normalized spacial score (nSPS) is 13.7. The molecule has 31 heavy (non-hydrogen) atoms. The number of fused-ring (bicyclic) bond motifs is 1. The number of nitrogens with zero attached hydrogens (tertiary/aromatic N) is 3. The van der Waals surface area contributed by atoms with E-state index in [1.807, 2.05) is 68.4 Å². The number of carbonyl (C=O) groups is 1. The highest BCUT2D eigenvalue weighted by Crippen LogP contribution is 2.28. The van der Waals surface area contributed by atoms with E-state index in [2.05, 4.69) is 15.2 Å². The fraction of sp³-hybridized carbons (Fsp3) is 0.240. The van der Waals surface area contributed by atoms with E-state index in [0.29, 0.717) is 17.1 Å². The van der Waals surface area contributed by atoms with Gasteiger partial charge >= 0.3 is 0 Å². The number of hydrogen-bond acceptors (Lipinski definition) is 5. The monoisotopic (exact) mass is 412 g/mol. The number of oxazole rings is 1. The van der Waals surface area contributed by atoms with Crippen LogP contribution >= 0.6 is 0 Å². The Morgan fingerprint density at radius 3 is 2.58 bits per heavy atom. The number of para-hydroxylation sites is 1. The number of rotatable bonds is 4. The van der Waals surface area contributed by atoms with E-state index < -0.39 is 0 Å². The Morgan fingerprint density at radius 2 is 1.81 bits per heavy atom. The molecule has 6 nitrogen and oxygen atoms in total. The minimum absolute atomic E-state index is 0.169. The van der Waals surface area contributed by atoms with Crippen LogP contribution in [0, 0.1) is 13.8 Å². The summed E-state index contributed by atoms with van der Waals surface area (Å²) in [4.78, 5) is 24.8. The molecule has 0 aliphatic carbocycles. The van der Waals surface area contributed by atoms with Crippen molar-refractivity contribution in [3.8, 4) is 11.5 Å². The molecule has 1 N–H and O–H groups in total. The average molecular weight is 412 g/mol. The summed E-state index contributed by atoms with van der Waals surface area (Å²) in [7, 11) is 0. The molecule has 4 aromatic rings. The van der Waals surface area contributed by atoms with Gasteiger partial charge in [-0.15, -0.1) is 0 Å². The molecule has 0 bridgehead atoms. The average Bonchev–Trinajstić information content (AvgIpc) is 3.43. The lowest BCUT2D eigenvalue weighted by Gasteiger charge is -2.20. The lowest BCUT2D eigenvalue weighted by atomic mass is 10.1. The Hall–Kier alpha value is -3.67. The summed E-state index contributed by atoms with van der Waals surface area (Å²) in [5.41, 5.74) is 3.87. The zero-order valence-corrected chi connectivity index (χ0v) is 17.7. The predicted octanol–water partition coefficient (Wildman–Crippen LogP) is 5.36. The van der Waals surface area contributed by atoms with Crippen molar-refractivity contribution < 1.29 is 9.21 Å². The van der Waals surface area contributed by atoms with Crippen LogP contribution in [0.5, 0.6) is 0 Å². The third-order valence-electron chi connectivity index (χ3n) is 5.75. The largest absolute Gasteiger partial charge is 0.441 e. The maximum Gasteiger partial charge on any atom is 0.259 e. The van der Waals surface area contributed by atoms with Crippen LogP contribution in [-0.2, 0) is 0 Å². The standard InChI is InChI=1S/C25H24N4O2/c1-16-17(2)31-25(26-16)19-9-7-10-20(14-19)27-24(30)21-15-18-8-3-4-11-22(18)28-23(21)29-12-5-6-13-29/h3-4,7-11,14-15H,5-6,12-13H2,1-2H3,(H,27,30). The zero-order valence-electron chi connectivity index (χ0n) is 17.7. The summed E-state index contributed by atoms with van der Waals surface area (Å²) in [5.74, 6) is 1.93. The minimum atomic E-state index is -0.169. The van der Waals surface area contributed by atoms with Crippen LogP contribution in [0.1, 0.15) is 34.7 Å². The van der Waals surface area contributed by atoms with Crippen LogP contribution in [0.3, 0.4) is 0 Å². The van der Waals surface area contributed by atoms with Crippen molar-refractivity contribution >= 4 is 28.3 Å². The number of carbonyl (C=O) groups excluding carboxylic acids is 1. The van der Waals surface area contributed by atoms with Crippen molar-refractivity contribution in [1.82, 2.24) is 9.97 Å². The van der Waals surface area contributed by atoms with E-state index in [9.17, 15) is 4.79 Å². The van der Waals surface area contributed by atoms with Crippen LogP contribution in [0.15, 0.2) is 59.0 Å². The van der Waals surface area contributed by atoms with Crippen LogP contribution in [0.25, 0.3) is 22.4 Å². The number of aromatic nitrogens is 2. The Labute approximate surface area is 180 Å². The fourth-order valence-corrected chi connectivity index (χ4v) is 3.97. The van der Waals surface area contributed by atoms with Gasteiger partial charge in [0.1, 0.15) is 11.6 Å². The Bertz CT molecular complexity index is 1250. The van der Waals surface area contributed by atoms with Gasteiger partial charge in [-0.05, 0) is 57.0 Å². The highest BCUT2D eigenvalue weighted by molar-refractivity contribution is 6.09. The number of anilines is 2. The van der Waals surface area contributed by atoms with E-state index in [-0.39, 0.29) is 5.91 Å². The van der Waals surface area contributed by atoms with Crippen molar-refractivity contribution in [3.63, 3.8) is 0 Å². The van der Waals surface area contributed by atoms with Gasteiger partial charge in [0.15, 0.2) is 0 Å². The Morgan fingerprint density at radius 1 is 1.00 bits per heavy atom. The molecule has 1 saturated heterocycles. The van der Waals surface area contributed by atoms with E-state index in [4.69, 9.17) is 9.40 Å². The van der Waals surface area contributed by atoms with Crippen molar-refractivity contribution in [1.29, 1.82) is 0 Å². The lowest BCUT2D eigenvalue weighted by molar-refractivity contribution is 0.102. The summed E-state index contributed by atoms with van der Waals surface area (Å²) in [6.07, 6.45) is 2.24. The van der Waals surface area contributed by atoms with E-state index in [0.717, 1.165) is 59.7 Å². The first kappa shape index (κ1) is 19.3. The summed E-state index contributed by atoms with van der Waals surface area (Å²) in [6.45, 7) is 5.65. The molecule has 5 rings (SSSR count). The number of pyridine rings is 1. The van der Waals surface area contributed by atoms with Gasteiger partial charge in [0.25, 0.3) is 5.91 Å². The number of aryl methyl sites for hydroxylation is 2. The summed E-state index contributed by atoms with van der Waals surface area (Å²) < 4.78 is 5.74. The highest BCUT2D eigenvalue weighted by Gasteiger charge is 2.22. The van der Waals surface area contributed by atoms with Gasteiger partial charge in [0, 0.05) is 29.7 Å². The Balaban J connectivity index is 1.49. The fourth-order valence-electron chi connectivity index (χ4n) is 3.97. The zero-order chi connectivity index (χ0) is 21.4. The first-order chi connectivity index (χ1) is 15.1. The van der Waals surface area contributed by atoms with Gasteiger partial charge in [0.2, 0.25) is 5.89 Å². The molecule has 2 aromatic heterocycles. The molecule has 0 atom stereocenters. The number of hydrogen-bond donors (Lipinski definition) is 1. The quantitative estimate of drug-likeness (QED) is 0.489. The second-order valence-corrected chi connectivity index (χ2v) is 7.94. The van der Waals surface area contributed by atoms with Crippen molar-refractivity contribution in [2.24, 2.45) is 0 Å². The highest BCUT2D eigenvalue weighted by atomic mass is 16.4. The number of benzene rings is 2. The van der Waals surface area contributed by atoms with E-state index in [1.165, 1.54) is 0 Å². The molecule has 0 spiro atoms. The van der Waals surface area contributed by atoms with Crippen molar-refractivity contribution in [2.45, 2.75) is 26.7 Å². The molecule has 1 fully saturated rings. The van der Waals surface area contributed by atoms with Crippen LogP contribution in [-0.4, -0.2) is 29.0 Å². The van der Waals surface area contributed by atoms with Gasteiger partial charge in [-0.25, -0.2) is 9.97 Å². The van der Waals surface area contributed by atoms with Crippen molar-refractivity contribution in [3.05, 3.63) is 71.6 Å². The second kappa shape index (κ2) is 7.87. The van der Waals surface area contributed by atoms with Crippen molar-refractivity contribution in [2.75, 3.05) is 23.3 Å². The summed E-state index contributed by atoms with van der Waals surface area (Å²) in [6, 6.07) is 17.4. The molecule has 1 aliphatic heterocycles. The molecular weight excluding hydrogens is 388 g/mol. The molecule has 156 valence electrons. The molecule has 0 saturated carbocycles. The number of nitrogens with one attached hydrogen (secondary N) is 1. The molecule has 0 unspecified atom stereocenters. The second-order valence-electron chi connectivity index (χ2n) is 7.94. The maximum absolute atomic E-state index is 13.3. The maximum atomic E-state index is 13.3. The van der Waals surface area contributed by atoms with Gasteiger partial charge in [0.05, 0.1) is 16.8 Å². The third-order valence-corrected chi connectivity index (χ3v) is 5.75. The molecule has 1 amide bonds. The molecule has 3 heterocycles. The smallest absolute Gasteiger partial charge is 0.259 e. The SMILES string of the molecule is Cc1nc(-c2cccc(NC(=O)c3cc4ccccc4nc3N3CCCC3)c2)oc1C. The summed E-state index contributed by atoms with van der Waals surface area (Å²) in [5, 5.41) is 4.00. The summed E-state index contributed by atoms with van der Waals surface area (Å²) >= 11 is 0. The molecular formula is C25H24N4O2. The van der Waals surface area contributed by atoms with E-state index in [1.54, 1.807) is 0 Å². The molecule has 2 aromatic carbocycles. The predicted molar refractivity (Wildman–Crippen MR) is 123 cm³/mol. The van der Waals surface area contributed by atoms with Gasteiger partial charge in [-0.1, -0.05) is 24.3 Å². The molecule has 1 aliphatic rings. The topological polar surface area (TPSA) is 71.3 Å². The van der Waals surface area contributed by atoms with Crippen LogP contribution < -0.4 is 10.2 Å². The van der Waals surface area contributed by atoms with Crippen LogP contribution in [0.2, 0.25) is 0 Å². The third kappa shape index (κ3) is 3.77. The van der Waals surface area contributed by atoms with E-state index >= 15 is 0 Å². The molecule has 6 heteroatoms.